The first-order chi connectivity index (χ1) is 6.40. The maximum Gasteiger partial charge on any atom is 0.139 e. The number of aromatic nitrogens is 2. The molecule has 66 valence electrons. The molecule has 0 fully saturated rings. The quantitative estimate of drug-likeness (QED) is 0.698. The van der Waals surface area contributed by atoms with Gasteiger partial charge in [-0.1, -0.05) is 0 Å². The average molecular weight is 174 g/mol. The second-order valence-corrected chi connectivity index (χ2v) is 2.65. The molecule has 3 heteroatoms. The van der Waals surface area contributed by atoms with E-state index in [4.69, 9.17) is 4.74 Å². The SMILES string of the molecule is CCOc1cnc2cccnc2c1. The number of pyridine rings is 2. The first-order valence-corrected chi connectivity index (χ1v) is 4.23. The fourth-order valence-electron chi connectivity index (χ4n) is 1.18. The molecule has 3 nitrogen and oxygen atoms in total. The summed E-state index contributed by atoms with van der Waals surface area (Å²) in [7, 11) is 0. The van der Waals surface area contributed by atoms with E-state index < -0.39 is 0 Å². The molecule has 2 rings (SSSR count). The molecule has 0 aliphatic rings. The summed E-state index contributed by atoms with van der Waals surface area (Å²) in [5.74, 6) is 0.772. The monoisotopic (exact) mass is 174 g/mol. The third kappa shape index (κ3) is 1.59. The molecular weight excluding hydrogens is 164 g/mol. The molecule has 0 spiro atoms. The molecule has 0 N–H and O–H groups in total. The van der Waals surface area contributed by atoms with Crippen molar-refractivity contribution in [2.24, 2.45) is 0 Å². The highest BCUT2D eigenvalue weighted by Crippen LogP contribution is 2.15. The lowest BCUT2D eigenvalue weighted by atomic mass is 10.3. The maximum absolute atomic E-state index is 5.31. The van der Waals surface area contributed by atoms with Crippen molar-refractivity contribution in [3.8, 4) is 5.75 Å². The van der Waals surface area contributed by atoms with Crippen LogP contribution >= 0.6 is 0 Å². The van der Waals surface area contributed by atoms with Gasteiger partial charge in [0.2, 0.25) is 0 Å². The first-order valence-electron chi connectivity index (χ1n) is 4.23. The highest BCUT2D eigenvalue weighted by Gasteiger charge is 1.97. The molecule has 0 saturated carbocycles. The third-order valence-electron chi connectivity index (χ3n) is 1.74. The molecule has 13 heavy (non-hydrogen) atoms. The lowest BCUT2D eigenvalue weighted by molar-refractivity contribution is 0.339. The summed E-state index contributed by atoms with van der Waals surface area (Å²) < 4.78 is 5.31. The van der Waals surface area contributed by atoms with Crippen LogP contribution in [0.25, 0.3) is 11.0 Å². The highest BCUT2D eigenvalue weighted by molar-refractivity contribution is 5.74. The van der Waals surface area contributed by atoms with Crippen LogP contribution in [0.5, 0.6) is 5.75 Å². The average Bonchev–Trinajstić information content (AvgIpc) is 2.18. The van der Waals surface area contributed by atoms with Gasteiger partial charge in [0.05, 0.1) is 23.8 Å². The Morgan fingerprint density at radius 1 is 1.31 bits per heavy atom. The van der Waals surface area contributed by atoms with Gasteiger partial charge in [-0.3, -0.25) is 9.97 Å². The van der Waals surface area contributed by atoms with Crippen molar-refractivity contribution in [2.75, 3.05) is 6.61 Å². The summed E-state index contributed by atoms with van der Waals surface area (Å²) in [5.41, 5.74) is 1.76. The second-order valence-electron chi connectivity index (χ2n) is 2.65. The molecule has 2 heterocycles. The maximum atomic E-state index is 5.31. The topological polar surface area (TPSA) is 35.0 Å². The van der Waals surface area contributed by atoms with Gasteiger partial charge in [0, 0.05) is 12.3 Å². The normalized spacial score (nSPS) is 10.2. The van der Waals surface area contributed by atoms with Crippen molar-refractivity contribution < 1.29 is 4.74 Å². The zero-order valence-corrected chi connectivity index (χ0v) is 7.40. The van der Waals surface area contributed by atoms with Crippen LogP contribution in [0.2, 0.25) is 0 Å². The molecular formula is C10H10N2O. The number of nitrogens with zero attached hydrogens (tertiary/aromatic N) is 2. The highest BCUT2D eigenvalue weighted by atomic mass is 16.5. The third-order valence-corrected chi connectivity index (χ3v) is 1.74. The van der Waals surface area contributed by atoms with E-state index in [0.29, 0.717) is 6.61 Å². The lowest BCUT2D eigenvalue weighted by Gasteiger charge is -2.02. The van der Waals surface area contributed by atoms with Gasteiger partial charge in [-0.15, -0.1) is 0 Å². The summed E-state index contributed by atoms with van der Waals surface area (Å²) >= 11 is 0. The lowest BCUT2D eigenvalue weighted by Crippen LogP contribution is -1.92. The number of ether oxygens (including phenoxy) is 1. The number of hydrogen-bond donors (Lipinski definition) is 0. The number of hydrogen-bond acceptors (Lipinski definition) is 3. The van der Waals surface area contributed by atoms with Gasteiger partial charge in [-0.2, -0.15) is 0 Å². The molecule has 0 saturated heterocycles. The molecule has 0 bridgehead atoms. The van der Waals surface area contributed by atoms with Crippen LogP contribution < -0.4 is 4.74 Å². The van der Waals surface area contributed by atoms with E-state index in [1.54, 1.807) is 12.4 Å². The van der Waals surface area contributed by atoms with E-state index in [9.17, 15) is 0 Å². The Hall–Kier alpha value is -1.64. The van der Waals surface area contributed by atoms with Gasteiger partial charge >= 0.3 is 0 Å². The van der Waals surface area contributed by atoms with E-state index in [1.165, 1.54) is 0 Å². The molecule has 2 aromatic heterocycles. The van der Waals surface area contributed by atoms with Crippen LogP contribution in [-0.2, 0) is 0 Å². The van der Waals surface area contributed by atoms with Gasteiger partial charge in [-0.05, 0) is 19.1 Å². The van der Waals surface area contributed by atoms with Gasteiger partial charge in [-0.25, -0.2) is 0 Å². The van der Waals surface area contributed by atoms with E-state index in [1.807, 2.05) is 25.1 Å². The predicted octanol–water partition coefficient (Wildman–Crippen LogP) is 2.03. The summed E-state index contributed by atoms with van der Waals surface area (Å²) in [4.78, 5) is 8.39. The fourth-order valence-corrected chi connectivity index (χ4v) is 1.18. The van der Waals surface area contributed by atoms with Gasteiger partial charge in [0.25, 0.3) is 0 Å². The van der Waals surface area contributed by atoms with E-state index in [-0.39, 0.29) is 0 Å². The van der Waals surface area contributed by atoms with Crippen molar-refractivity contribution in [3.63, 3.8) is 0 Å². The Labute approximate surface area is 76.4 Å². The summed E-state index contributed by atoms with van der Waals surface area (Å²) in [6.45, 7) is 2.60. The van der Waals surface area contributed by atoms with Crippen LogP contribution in [0, 0.1) is 0 Å². The van der Waals surface area contributed by atoms with Crippen molar-refractivity contribution in [3.05, 3.63) is 30.6 Å². The van der Waals surface area contributed by atoms with E-state index >= 15 is 0 Å². The molecule has 0 radical (unpaired) electrons. The Kier molecular flexibility index (Phi) is 2.08. The van der Waals surface area contributed by atoms with Gasteiger partial charge in [0.15, 0.2) is 0 Å². The summed E-state index contributed by atoms with van der Waals surface area (Å²) in [5, 5.41) is 0. The standard InChI is InChI=1S/C10H10N2O/c1-2-13-8-6-10-9(12-7-8)4-3-5-11-10/h3-7H,2H2,1H3. The Bertz CT molecular complexity index is 414. The smallest absolute Gasteiger partial charge is 0.139 e. The molecule has 0 aliphatic carbocycles. The van der Waals surface area contributed by atoms with Crippen LogP contribution in [0.1, 0.15) is 6.92 Å². The number of rotatable bonds is 2. The molecule has 0 unspecified atom stereocenters. The van der Waals surface area contributed by atoms with Crippen molar-refractivity contribution >= 4 is 11.0 Å². The van der Waals surface area contributed by atoms with Gasteiger partial charge < -0.3 is 4.74 Å². The Balaban J connectivity index is 2.49. The van der Waals surface area contributed by atoms with Crippen LogP contribution in [0.3, 0.4) is 0 Å². The molecule has 0 aliphatic heterocycles. The van der Waals surface area contributed by atoms with Crippen LogP contribution in [0.15, 0.2) is 30.6 Å². The molecule has 0 amide bonds. The number of fused-ring (bicyclic) bond motifs is 1. The summed E-state index contributed by atoms with van der Waals surface area (Å²) in [6.07, 6.45) is 3.47. The molecule has 2 aromatic rings. The molecule has 0 atom stereocenters. The van der Waals surface area contributed by atoms with Crippen LogP contribution in [-0.4, -0.2) is 16.6 Å². The zero-order chi connectivity index (χ0) is 9.10. The Morgan fingerprint density at radius 3 is 3.08 bits per heavy atom. The summed E-state index contributed by atoms with van der Waals surface area (Å²) in [6, 6.07) is 5.69. The zero-order valence-electron chi connectivity index (χ0n) is 7.40. The van der Waals surface area contributed by atoms with Crippen molar-refractivity contribution in [1.29, 1.82) is 0 Å². The fraction of sp³-hybridized carbons (Fsp3) is 0.200. The van der Waals surface area contributed by atoms with E-state index in [2.05, 4.69) is 9.97 Å². The largest absolute Gasteiger partial charge is 0.492 e. The minimum atomic E-state index is 0.653. The Morgan fingerprint density at radius 2 is 2.23 bits per heavy atom. The predicted molar refractivity (Wildman–Crippen MR) is 50.7 cm³/mol. The van der Waals surface area contributed by atoms with Crippen molar-refractivity contribution in [1.82, 2.24) is 9.97 Å². The van der Waals surface area contributed by atoms with E-state index in [0.717, 1.165) is 16.8 Å². The van der Waals surface area contributed by atoms with Gasteiger partial charge in [0.1, 0.15) is 5.75 Å². The van der Waals surface area contributed by atoms with Crippen LogP contribution in [0.4, 0.5) is 0 Å². The van der Waals surface area contributed by atoms with Crippen molar-refractivity contribution in [2.45, 2.75) is 6.92 Å². The minimum absolute atomic E-state index is 0.653. The minimum Gasteiger partial charge on any atom is -0.492 e. The first kappa shape index (κ1) is 7.98. The molecule has 0 aromatic carbocycles. The second kappa shape index (κ2) is 3.39.